The summed E-state index contributed by atoms with van der Waals surface area (Å²) in [6.45, 7) is 6.33. The summed E-state index contributed by atoms with van der Waals surface area (Å²) in [6.07, 6.45) is 1.91. The first-order valence-electron chi connectivity index (χ1n) is 4.50. The predicted octanol–water partition coefficient (Wildman–Crippen LogP) is 3.16. The molecule has 0 spiro atoms. The molecule has 0 N–H and O–H groups in total. The van der Waals surface area contributed by atoms with Crippen molar-refractivity contribution in [1.29, 1.82) is 0 Å². The topological polar surface area (TPSA) is 12.9 Å². The smallest absolute Gasteiger partial charge is 0.0704 e. The minimum Gasteiger partial charge on any atom is -0.256 e. The molecular weight excluding hydrogens is 158 g/mol. The number of benzene rings is 1. The van der Waals surface area contributed by atoms with Crippen molar-refractivity contribution in [2.24, 2.45) is 0 Å². The third-order valence-electron chi connectivity index (χ3n) is 2.43. The summed E-state index contributed by atoms with van der Waals surface area (Å²) >= 11 is 0. The highest BCUT2D eigenvalue weighted by Crippen LogP contribution is 2.17. The fourth-order valence-corrected chi connectivity index (χ4v) is 1.50. The summed E-state index contributed by atoms with van der Waals surface area (Å²) in [5.41, 5.74) is 4.95. The van der Waals surface area contributed by atoms with Gasteiger partial charge in [0.15, 0.2) is 0 Å². The molecule has 2 rings (SSSR count). The summed E-state index contributed by atoms with van der Waals surface area (Å²) in [4.78, 5) is 4.38. The number of rotatable bonds is 0. The first-order valence-corrected chi connectivity index (χ1v) is 4.50. The summed E-state index contributed by atoms with van der Waals surface area (Å²) in [5, 5.41) is 1.24. The first kappa shape index (κ1) is 8.24. The Kier molecular flexibility index (Phi) is 1.80. The number of hydrogen-bond donors (Lipinski definition) is 0. The maximum atomic E-state index is 4.38. The highest BCUT2D eigenvalue weighted by Gasteiger charge is 1.98. The zero-order chi connectivity index (χ0) is 9.42. The zero-order valence-corrected chi connectivity index (χ0v) is 8.26. The molecule has 1 heterocycles. The molecule has 0 fully saturated rings. The standard InChI is InChI=1S/C12H13N/c1-8-4-11-5-9(2)10(3)6-12(11)13-7-8/h4-7H,1-3H3. The molecular formula is C12H13N. The molecule has 0 amide bonds. The molecule has 66 valence electrons. The summed E-state index contributed by atoms with van der Waals surface area (Å²) in [6, 6.07) is 6.52. The van der Waals surface area contributed by atoms with Crippen LogP contribution < -0.4 is 0 Å². The molecule has 0 saturated carbocycles. The number of nitrogens with zero attached hydrogens (tertiary/aromatic N) is 1. The van der Waals surface area contributed by atoms with E-state index in [1.807, 2.05) is 6.20 Å². The molecule has 0 saturated heterocycles. The lowest BCUT2D eigenvalue weighted by Crippen LogP contribution is -1.85. The van der Waals surface area contributed by atoms with Gasteiger partial charge in [0.05, 0.1) is 5.52 Å². The third-order valence-corrected chi connectivity index (χ3v) is 2.43. The van der Waals surface area contributed by atoms with Crippen LogP contribution in [0, 0.1) is 20.8 Å². The van der Waals surface area contributed by atoms with Crippen molar-refractivity contribution in [3.8, 4) is 0 Å². The van der Waals surface area contributed by atoms with E-state index in [0.29, 0.717) is 0 Å². The van der Waals surface area contributed by atoms with E-state index in [0.717, 1.165) is 5.52 Å². The lowest BCUT2D eigenvalue weighted by Gasteiger charge is -2.03. The van der Waals surface area contributed by atoms with E-state index in [1.165, 1.54) is 22.1 Å². The van der Waals surface area contributed by atoms with Gasteiger partial charge in [-0.25, -0.2) is 0 Å². The fraction of sp³-hybridized carbons (Fsp3) is 0.250. The number of fused-ring (bicyclic) bond motifs is 1. The van der Waals surface area contributed by atoms with Gasteiger partial charge in [0.1, 0.15) is 0 Å². The Hall–Kier alpha value is -1.37. The van der Waals surface area contributed by atoms with Gasteiger partial charge in [-0.3, -0.25) is 4.98 Å². The van der Waals surface area contributed by atoms with Crippen LogP contribution in [0.5, 0.6) is 0 Å². The highest BCUT2D eigenvalue weighted by molar-refractivity contribution is 5.80. The molecule has 0 radical (unpaired) electrons. The second-order valence-electron chi connectivity index (χ2n) is 3.64. The van der Waals surface area contributed by atoms with Crippen LogP contribution in [0.15, 0.2) is 24.4 Å². The molecule has 13 heavy (non-hydrogen) atoms. The molecule has 0 bridgehead atoms. The van der Waals surface area contributed by atoms with Crippen molar-refractivity contribution >= 4 is 10.9 Å². The number of aromatic nitrogens is 1. The molecule has 0 aliphatic rings. The van der Waals surface area contributed by atoms with Crippen molar-refractivity contribution in [2.75, 3.05) is 0 Å². The van der Waals surface area contributed by atoms with E-state index in [9.17, 15) is 0 Å². The molecule has 0 aliphatic carbocycles. The summed E-state index contributed by atoms with van der Waals surface area (Å²) in [7, 11) is 0. The van der Waals surface area contributed by atoms with Crippen LogP contribution in [0.25, 0.3) is 10.9 Å². The van der Waals surface area contributed by atoms with Crippen molar-refractivity contribution in [2.45, 2.75) is 20.8 Å². The normalized spacial score (nSPS) is 10.7. The first-order chi connectivity index (χ1) is 6.16. The maximum Gasteiger partial charge on any atom is 0.0704 e. The fourth-order valence-electron chi connectivity index (χ4n) is 1.50. The Labute approximate surface area is 78.4 Å². The molecule has 1 nitrogen and oxygen atoms in total. The van der Waals surface area contributed by atoms with Gasteiger partial charge in [-0.2, -0.15) is 0 Å². The predicted molar refractivity (Wildman–Crippen MR) is 56.0 cm³/mol. The van der Waals surface area contributed by atoms with Crippen LogP contribution in [0.3, 0.4) is 0 Å². The van der Waals surface area contributed by atoms with Crippen LogP contribution in [-0.4, -0.2) is 4.98 Å². The van der Waals surface area contributed by atoms with Gasteiger partial charge >= 0.3 is 0 Å². The molecule has 1 aromatic heterocycles. The second kappa shape index (κ2) is 2.84. The van der Waals surface area contributed by atoms with Crippen LogP contribution >= 0.6 is 0 Å². The van der Waals surface area contributed by atoms with Gasteiger partial charge in [0.2, 0.25) is 0 Å². The van der Waals surface area contributed by atoms with Gasteiger partial charge in [-0.05, 0) is 55.7 Å². The van der Waals surface area contributed by atoms with Crippen molar-refractivity contribution in [3.63, 3.8) is 0 Å². The second-order valence-corrected chi connectivity index (χ2v) is 3.64. The minimum atomic E-state index is 1.09. The van der Waals surface area contributed by atoms with Gasteiger partial charge < -0.3 is 0 Å². The lowest BCUT2D eigenvalue weighted by molar-refractivity contribution is 1.30. The van der Waals surface area contributed by atoms with Crippen LogP contribution in [0.2, 0.25) is 0 Å². The van der Waals surface area contributed by atoms with Gasteiger partial charge in [-0.1, -0.05) is 0 Å². The summed E-state index contributed by atoms with van der Waals surface area (Å²) in [5.74, 6) is 0. The lowest BCUT2D eigenvalue weighted by atomic mass is 10.1. The average molecular weight is 171 g/mol. The van der Waals surface area contributed by atoms with E-state index in [1.54, 1.807) is 0 Å². The number of aryl methyl sites for hydroxylation is 3. The van der Waals surface area contributed by atoms with Crippen LogP contribution in [0.4, 0.5) is 0 Å². The largest absolute Gasteiger partial charge is 0.256 e. The highest BCUT2D eigenvalue weighted by atomic mass is 14.6. The molecule has 2 aromatic rings. The summed E-state index contributed by atoms with van der Waals surface area (Å²) < 4.78 is 0. The molecule has 0 atom stereocenters. The number of hydrogen-bond acceptors (Lipinski definition) is 1. The van der Waals surface area contributed by atoms with Gasteiger partial charge in [0, 0.05) is 11.6 Å². The molecule has 0 aliphatic heterocycles. The Morgan fingerprint density at radius 3 is 2.38 bits per heavy atom. The van der Waals surface area contributed by atoms with E-state index in [-0.39, 0.29) is 0 Å². The monoisotopic (exact) mass is 171 g/mol. The maximum absolute atomic E-state index is 4.38. The SMILES string of the molecule is Cc1cnc2cc(C)c(C)cc2c1. The Morgan fingerprint density at radius 1 is 0.923 bits per heavy atom. The Bertz CT molecular complexity index is 458. The quantitative estimate of drug-likeness (QED) is 0.593. The van der Waals surface area contributed by atoms with Crippen molar-refractivity contribution in [3.05, 3.63) is 41.1 Å². The Morgan fingerprint density at radius 2 is 1.62 bits per heavy atom. The van der Waals surface area contributed by atoms with E-state index >= 15 is 0 Å². The van der Waals surface area contributed by atoms with Crippen LogP contribution in [0.1, 0.15) is 16.7 Å². The van der Waals surface area contributed by atoms with E-state index in [4.69, 9.17) is 0 Å². The van der Waals surface area contributed by atoms with Gasteiger partial charge in [-0.15, -0.1) is 0 Å². The zero-order valence-electron chi connectivity index (χ0n) is 8.26. The minimum absolute atomic E-state index is 1.09. The number of pyridine rings is 1. The third kappa shape index (κ3) is 1.42. The van der Waals surface area contributed by atoms with E-state index < -0.39 is 0 Å². The van der Waals surface area contributed by atoms with E-state index in [2.05, 4.69) is 44.0 Å². The average Bonchev–Trinajstić information content (AvgIpc) is 2.08. The van der Waals surface area contributed by atoms with Crippen molar-refractivity contribution < 1.29 is 0 Å². The Balaban J connectivity index is 2.81. The van der Waals surface area contributed by atoms with Crippen LogP contribution in [-0.2, 0) is 0 Å². The molecule has 1 heteroatoms. The molecule has 1 aromatic carbocycles. The van der Waals surface area contributed by atoms with Gasteiger partial charge in [0.25, 0.3) is 0 Å². The van der Waals surface area contributed by atoms with Crippen molar-refractivity contribution in [1.82, 2.24) is 4.98 Å². The molecule has 0 unspecified atom stereocenters.